The van der Waals surface area contributed by atoms with E-state index >= 15 is 0 Å². The topological polar surface area (TPSA) is 102 Å². The Morgan fingerprint density at radius 1 is 0.871 bits per heavy atom. The molecule has 0 unspecified atom stereocenters. The highest BCUT2D eigenvalue weighted by Crippen LogP contribution is 2.25. The molecule has 4 heterocycles. The highest BCUT2D eigenvalue weighted by atomic mass is 32.2. The van der Waals surface area contributed by atoms with Crippen molar-refractivity contribution in [1.82, 2.24) is 33.8 Å². The van der Waals surface area contributed by atoms with Crippen molar-refractivity contribution in [3.05, 3.63) is 40.7 Å². The van der Waals surface area contributed by atoms with E-state index in [1.165, 1.54) is 4.31 Å². The zero-order valence-electron chi connectivity index (χ0n) is 18.8. The molecule has 0 spiro atoms. The number of aromatic nitrogens is 6. The van der Waals surface area contributed by atoms with Crippen LogP contribution in [0.1, 0.15) is 28.6 Å². The Labute approximate surface area is 182 Å². The highest BCUT2D eigenvalue weighted by molar-refractivity contribution is 7.89. The fourth-order valence-corrected chi connectivity index (χ4v) is 5.90. The molecule has 3 aromatic heterocycles. The van der Waals surface area contributed by atoms with Crippen molar-refractivity contribution in [3.8, 4) is 5.82 Å². The largest absolute Gasteiger partial charge is 0.354 e. The SMILES string of the molecule is Cc1cc(C)n(-c2cc(N3CCN(S(=O)(=O)c4c(C)nn(C)c4C)CC3)nc(C)n2)n1. The third kappa shape index (κ3) is 3.83. The lowest BCUT2D eigenvalue weighted by atomic mass is 10.3. The standard InChI is InChI=1S/C20H28N8O2S/c1-13-11-14(2)28(23-13)19-12-18(21-17(5)22-19)26-7-9-27(10-8-26)31(29,30)20-15(3)24-25(6)16(20)4/h11-12H,7-10H2,1-6H3. The first-order chi connectivity index (χ1) is 14.6. The van der Waals surface area contributed by atoms with E-state index in [1.807, 2.05) is 37.6 Å². The van der Waals surface area contributed by atoms with Gasteiger partial charge in [-0.2, -0.15) is 14.5 Å². The van der Waals surface area contributed by atoms with Crippen molar-refractivity contribution < 1.29 is 8.42 Å². The molecule has 4 rings (SSSR count). The average molecular weight is 445 g/mol. The zero-order chi connectivity index (χ0) is 22.5. The van der Waals surface area contributed by atoms with Crippen LogP contribution in [0.3, 0.4) is 0 Å². The number of nitrogens with zero attached hydrogens (tertiary/aromatic N) is 8. The lowest BCUT2D eigenvalue weighted by Gasteiger charge is -2.34. The van der Waals surface area contributed by atoms with Crippen LogP contribution in [-0.2, 0) is 17.1 Å². The van der Waals surface area contributed by atoms with Crippen molar-refractivity contribution >= 4 is 15.8 Å². The molecule has 0 amide bonds. The number of rotatable bonds is 4. The van der Waals surface area contributed by atoms with Gasteiger partial charge in [0, 0.05) is 45.0 Å². The number of hydrogen-bond acceptors (Lipinski definition) is 7. The van der Waals surface area contributed by atoms with Gasteiger partial charge in [0.1, 0.15) is 16.5 Å². The molecule has 1 aliphatic rings. The van der Waals surface area contributed by atoms with E-state index in [0.29, 0.717) is 54.1 Å². The molecular formula is C20H28N8O2S. The number of piperazine rings is 1. The summed E-state index contributed by atoms with van der Waals surface area (Å²) in [6, 6.07) is 3.91. The van der Waals surface area contributed by atoms with E-state index in [1.54, 1.807) is 25.6 Å². The summed E-state index contributed by atoms with van der Waals surface area (Å²) in [6.45, 7) is 11.2. The molecule has 1 saturated heterocycles. The molecule has 0 saturated carbocycles. The van der Waals surface area contributed by atoms with Crippen molar-refractivity contribution in [2.75, 3.05) is 31.1 Å². The molecule has 11 heteroatoms. The van der Waals surface area contributed by atoms with Crippen molar-refractivity contribution in [2.24, 2.45) is 7.05 Å². The van der Waals surface area contributed by atoms with Gasteiger partial charge in [-0.1, -0.05) is 0 Å². The van der Waals surface area contributed by atoms with Gasteiger partial charge in [-0.3, -0.25) is 4.68 Å². The van der Waals surface area contributed by atoms with Gasteiger partial charge in [0.25, 0.3) is 0 Å². The van der Waals surface area contributed by atoms with E-state index in [2.05, 4.69) is 25.1 Å². The van der Waals surface area contributed by atoms with Gasteiger partial charge in [0.05, 0.1) is 17.1 Å². The fraction of sp³-hybridized carbons (Fsp3) is 0.500. The second-order valence-electron chi connectivity index (χ2n) is 7.99. The lowest BCUT2D eigenvalue weighted by Crippen LogP contribution is -2.49. The van der Waals surface area contributed by atoms with Gasteiger partial charge < -0.3 is 4.90 Å². The molecule has 0 atom stereocenters. The van der Waals surface area contributed by atoms with Crippen LogP contribution in [-0.4, -0.2) is 68.4 Å². The number of sulfonamides is 1. The van der Waals surface area contributed by atoms with Crippen molar-refractivity contribution in [3.63, 3.8) is 0 Å². The average Bonchev–Trinajstić information content (AvgIpc) is 3.18. The van der Waals surface area contributed by atoms with Crippen LogP contribution in [0.2, 0.25) is 0 Å². The summed E-state index contributed by atoms with van der Waals surface area (Å²) in [5.41, 5.74) is 3.11. The van der Waals surface area contributed by atoms with Crippen LogP contribution in [0, 0.1) is 34.6 Å². The van der Waals surface area contributed by atoms with E-state index in [9.17, 15) is 8.42 Å². The maximum Gasteiger partial charge on any atom is 0.246 e. The Hall–Kier alpha value is -2.79. The summed E-state index contributed by atoms with van der Waals surface area (Å²) in [4.78, 5) is 11.5. The molecule has 31 heavy (non-hydrogen) atoms. The van der Waals surface area contributed by atoms with Gasteiger partial charge in [0.2, 0.25) is 10.0 Å². The minimum absolute atomic E-state index is 0.313. The van der Waals surface area contributed by atoms with Gasteiger partial charge in [-0.15, -0.1) is 0 Å². The minimum Gasteiger partial charge on any atom is -0.354 e. The quantitative estimate of drug-likeness (QED) is 0.600. The molecule has 0 bridgehead atoms. The summed E-state index contributed by atoms with van der Waals surface area (Å²) in [5, 5.41) is 8.78. The van der Waals surface area contributed by atoms with Crippen LogP contribution in [0.15, 0.2) is 17.0 Å². The molecule has 0 radical (unpaired) electrons. The second kappa shape index (κ2) is 7.72. The van der Waals surface area contributed by atoms with Crippen molar-refractivity contribution in [1.29, 1.82) is 0 Å². The Balaban J connectivity index is 1.56. The van der Waals surface area contributed by atoms with Crippen LogP contribution in [0.5, 0.6) is 0 Å². The Morgan fingerprint density at radius 3 is 2.06 bits per heavy atom. The Morgan fingerprint density at radius 2 is 1.52 bits per heavy atom. The molecular weight excluding hydrogens is 416 g/mol. The van der Waals surface area contributed by atoms with Crippen LogP contribution in [0.4, 0.5) is 5.82 Å². The molecule has 0 N–H and O–H groups in total. The summed E-state index contributed by atoms with van der Waals surface area (Å²) >= 11 is 0. The first-order valence-corrected chi connectivity index (χ1v) is 11.7. The van der Waals surface area contributed by atoms with E-state index in [-0.39, 0.29) is 0 Å². The van der Waals surface area contributed by atoms with Gasteiger partial charge in [-0.25, -0.2) is 23.1 Å². The van der Waals surface area contributed by atoms with Gasteiger partial charge in [-0.05, 0) is 40.7 Å². The number of hydrogen-bond donors (Lipinski definition) is 0. The number of anilines is 1. The Bertz CT molecular complexity index is 1240. The molecule has 3 aromatic rings. The molecule has 0 aliphatic carbocycles. The first kappa shape index (κ1) is 21.4. The lowest BCUT2D eigenvalue weighted by molar-refractivity contribution is 0.383. The molecule has 1 fully saturated rings. The van der Waals surface area contributed by atoms with E-state index < -0.39 is 10.0 Å². The predicted molar refractivity (Wildman–Crippen MR) is 117 cm³/mol. The van der Waals surface area contributed by atoms with E-state index in [4.69, 9.17) is 0 Å². The second-order valence-corrected chi connectivity index (χ2v) is 9.86. The minimum atomic E-state index is -3.59. The van der Waals surface area contributed by atoms with Gasteiger partial charge >= 0.3 is 0 Å². The molecule has 10 nitrogen and oxygen atoms in total. The maximum atomic E-state index is 13.2. The van der Waals surface area contributed by atoms with E-state index in [0.717, 1.165) is 17.2 Å². The predicted octanol–water partition coefficient (Wildman–Crippen LogP) is 1.45. The van der Waals surface area contributed by atoms with Crippen LogP contribution >= 0.6 is 0 Å². The first-order valence-electron chi connectivity index (χ1n) is 10.2. The maximum absolute atomic E-state index is 13.2. The third-order valence-electron chi connectivity index (χ3n) is 5.64. The molecule has 1 aliphatic heterocycles. The smallest absolute Gasteiger partial charge is 0.246 e. The zero-order valence-corrected chi connectivity index (χ0v) is 19.6. The summed E-state index contributed by atoms with van der Waals surface area (Å²) in [7, 11) is -1.83. The Kier molecular flexibility index (Phi) is 5.34. The summed E-state index contributed by atoms with van der Waals surface area (Å²) in [6.07, 6.45) is 0. The third-order valence-corrected chi connectivity index (χ3v) is 7.79. The van der Waals surface area contributed by atoms with Crippen LogP contribution in [0.25, 0.3) is 5.82 Å². The summed E-state index contributed by atoms with van der Waals surface area (Å²) in [5.74, 6) is 2.14. The highest BCUT2D eigenvalue weighted by Gasteiger charge is 2.33. The molecule has 0 aromatic carbocycles. The monoisotopic (exact) mass is 444 g/mol. The van der Waals surface area contributed by atoms with Crippen molar-refractivity contribution in [2.45, 2.75) is 39.5 Å². The fourth-order valence-electron chi connectivity index (χ4n) is 4.08. The normalized spacial score (nSPS) is 15.6. The molecule has 166 valence electrons. The van der Waals surface area contributed by atoms with Gasteiger partial charge in [0.15, 0.2) is 5.82 Å². The summed E-state index contributed by atoms with van der Waals surface area (Å²) < 4.78 is 31.4. The van der Waals surface area contributed by atoms with Crippen LogP contribution < -0.4 is 4.90 Å². The number of aryl methyl sites for hydroxylation is 5.